The lowest BCUT2D eigenvalue weighted by molar-refractivity contribution is 0.0570. The molecule has 244 valence electrons. The van der Waals surface area contributed by atoms with Crippen LogP contribution in [0.4, 0.5) is 21.5 Å². The highest BCUT2D eigenvalue weighted by Crippen LogP contribution is 2.39. The Morgan fingerprint density at radius 3 is 2.43 bits per heavy atom. The Morgan fingerprint density at radius 1 is 1.02 bits per heavy atom. The number of rotatable bonds is 7. The summed E-state index contributed by atoms with van der Waals surface area (Å²) >= 11 is 25.1. The quantitative estimate of drug-likeness (QED) is 0.141. The second-order valence-corrected chi connectivity index (χ2v) is 14.2. The van der Waals surface area contributed by atoms with Gasteiger partial charge in [0, 0.05) is 53.2 Å². The Labute approximate surface area is 293 Å². The van der Waals surface area contributed by atoms with Crippen LogP contribution in [-0.4, -0.2) is 39.6 Å². The van der Waals surface area contributed by atoms with E-state index in [4.69, 9.17) is 46.4 Å². The Balaban J connectivity index is 1.35. The van der Waals surface area contributed by atoms with Gasteiger partial charge >= 0.3 is 0 Å². The predicted octanol–water partition coefficient (Wildman–Crippen LogP) is 9.19. The van der Waals surface area contributed by atoms with Crippen molar-refractivity contribution in [3.63, 3.8) is 0 Å². The summed E-state index contributed by atoms with van der Waals surface area (Å²) in [5, 5.41) is 20.1. The highest BCUT2D eigenvalue weighted by atomic mass is 35.5. The number of anilines is 3. The average Bonchev–Trinajstić information content (AvgIpc) is 3.54. The van der Waals surface area contributed by atoms with Crippen LogP contribution in [0.15, 0.2) is 66.6 Å². The molecule has 1 fully saturated rings. The molecule has 8 nitrogen and oxygen atoms in total. The fourth-order valence-corrected chi connectivity index (χ4v) is 6.69. The van der Waals surface area contributed by atoms with Crippen molar-refractivity contribution in [1.82, 2.24) is 25.9 Å². The van der Waals surface area contributed by atoms with Gasteiger partial charge in [0.1, 0.15) is 6.07 Å². The Bertz CT molecular complexity index is 1880. The van der Waals surface area contributed by atoms with E-state index in [1.807, 2.05) is 30.3 Å². The number of hydrazine groups is 2. The zero-order valence-electron chi connectivity index (χ0n) is 25.9. The summed E-state index contributed by atoms with van der Waals surface area (Å²) in [5.41, 5.74) is 10.4. The van der Waals surface area contributed by atoms with Gasteiger partial charge in [0.2, 0.25) is 0 Å². The number of benzene rings is 3. The molecule has 0 radical (unpaired) electrons. The molecular weight excluding hydrogens is 681 g/mol. The summed E-state index contributed by atoms with van der Waals surface area (Å²) in [5.74, 6) is -0.739. The van der Waals surface area contributed by atoms with Gasteiger partial charge < -0.3 is 16.1 Å². The lowest BCUT2D eigenvalue weighted by atomic mass is 9.98. The molecule has 0 aliphatic carbocycles. The fraction of sp³-hybridized carbons (Fsp3) is 0.294. The van der Waals surface area contributed by atoms with E-state index >= 15 is 4.39 Å². The molecule has 2 aliphatic heterocycles. The van der Waals surface area contributed by atoms with E-state index in [0.29, 0.717) is 38.4 Å². The molecule has 4 N–H and O–H groups in total. The highest BCUT2D eigenvalue weighted by molar-refractivity contribution is 6.42. The largest absolute Gasteiger partial charge is 0.373 e. The third-order valence-corrected chi connectivity index (χ3v) is 9.90. The van der Waals surface area contributed by atoms with E-state index in [0.717, 1.165) is 37.2 Å². The van der Waals surface area contributed by atoms with Gasteiger partial charge in [-0.2, -0.15) is 5.26 Å². The van der Waals surface area contributed by atoms with Crippen molar-refractivity contribution in [3.05, 3.63) is 104 Å². The molecule has 1 atom stereocenters. The maximum atomic E-state index is 15.1. The lowest BCUT2D eigenvalue weighted by Crippen LogP contribution is -2.52. The highest BCUT2D eigenvalue weighted by Gasteiger charge is 2.32. The first kappa shape index (κ1) is 33.4. The van der Waals surface area contributed by atoms with Gasteiger partial charge in [0.05, 0.1) is 49.3 Å². The van der Waals surface area contributed by atoms with Crippen LogP contribution in [0.3, 0.4) is 0 Å². The molecule has 2 aliphatic rings. The number of nitrogens with one attached hydrogen (secondary N) is 4. The summed E-state index contributed by atoms with van der Waals surface area (Å²) in [6, 6.07) is 16.3. The van der Waals surface area contributed by atoms with Crippen molar-refractivity contribution in [2.45, 2.75) is 51.2 Å². The number of halogens is 5. The average molecular weight is 715 g/mol. The van der Waals surface area contributed by atoms with Gasteiger partial charge in [-0.3, -0.25) is 14.9 Å². The minimum absolute atomic E-state index is 0.0525. The molecule has 0 unspecified atom stereocenters. The van der Waals surface area contributed by atoms with E-state index in [1.165, 1.54) is 18.3 Å². The number of piperidine rings is 1. The predicted molar refractivity (Wildman–Crippen MR) is 190 cm³/mol. The van der Waals surface area contributed by atoms with Crippen molar-refractivity contribution in [2.75, 3.05) is 23.7 Å². The molecule has 1 saturated heterocycles. The first-order chi connectivity index (χ1) is 22.4. The van der Waals surface area contributed by atoms with Gasteiger partial charge in [-0.15, -0.1) is 5.53 Å². The third kappa shape index (κ3) is 7.05. The molecule has 1 aromatic heterocycles. The SMILES string of the molecule is CC(C)(C)N1CCC(N2C=C([C@@H](Nc3cc(Cl)c4ncc(C#N)c(Nc5ccc(Cl)c(Cl)c5F)c4c3)c3ccc(Cl)cc3)NN2)CC1. The van der Waals surface area contributed by atoms with Crippen LogP contribution in [0.2, 0.25) is 20.1 Å². The maximum absolute atomic E-state index is 15.1. The van der Waals surface area contributed by atoms with Crippen molar-refractivity contribution in [2.24, 2.45) is 0 Å². The number of pyridine rings is 1. The van der Waals surface area contributed by atoms with Crippen molar-refractivity contribution >= 4 is 74.4 Å². The number of fused-ring (bicyclic) bond motifs is 1. The number of likely N-dealkylation sites (tertiary alicyclic amines) is 1. The maximum Gasteiger partial charge on any atom is 0.166 e. The molecule has 0 bridgehead atoms. The number of hydrogen-bond acceptors (Lipinski definition) is 8. The molecule has 0 saturated carbocycles. The normalized spacial score (nSPS) is 16.5. The van der Waals surface area contributed by atoms with Gasteiger partial charge in [0.15, 0.2) is 5.82 Å². The van der Waals surface area contributed by atoms with Crippen LogP contribution >= 0.6 is 46.4 Å². The van der Waals surface area contributed by atoms with Gasteiger partial charge in [-0.25, -0.2) is 4.39 Å². The van der Waals surface area contributed by atoms with Crippen LogP contribution in [0.25, 0.3) is 10.9 Å². The fourth-order valence-electron chi connectivity index (χ4n) is 5.98. The third-order valence-electron chi connectivity index (χ3n) is 8.58. The number of aromatic nitrogens is 1. The second kappa shape index (κ2) is 13.6. The van der Waals surface area contributed by atoms with Crippen LogP contribution < -0.4 is 21.6 Å². The van der Waals surface area contributed by atoms with Crippen molar-refractivity contribution in [1.29, 1.82) is 5.26 Å². The molecule has 0 amide bonds. The van der Waals surface area contributed by atoms with E-state index < -0.39 is 5.82 Å². The molecular formula is C34H33Cl4FN8. The minimum atomic E-state index is -0.739. The molecule has 0 spiro atoms. The lowest BCUT2D eigenvalue weighted by Gasteiger charge is -2.42. The summed E-state index contributed by atoms with van der Waals surface area (Å²) in [6.07, 6.45) is 5.55. The van der Waals surface area contributed by atoms with E-state index in [-0.39, 0.29) is 32.9 Å². The van der Waals surface area contributed by atoms with Gasteiger partial charge in [-0.1, -0.05) is 58.5 Å². The van der Waals surface area contributed by atoms with Crippen LogP contribution in [0, 0.1) is 17.1 Å². The number of nitriles is 1. The molecule has 13 heteroatoms. The van der Waals surface area contributed by atoms with Crippen molar-refractivity contribution in [3.8, 4) is 6.07 Å². The topological polar surface area (TPSA) is 91.3 Å². The summed E-state index contributed by atoms with van der Waals surface area (Å²) in [7, 11) is 0. The number of hydrogen-bond donors (Lipinski definition) is 4. The van der Waals surface area contributed by atoms with Gasteiger partial charge in [0.25, 0.3) is 0 Å². The molecule has 47 heavy (non-hydrogen) atoms. The van der Waals surface area contributed by atoms with E-state index in [2.05, 4.69) is 69.5 Å². The first-order valence-corrected chi connectivity index (χ1v) is 16.7. The monoisotopic (exact) mass is 712 g/mol. The first-order valence-electron chi connectivity index (χ1n) is 15.1. The van der Waals surface area contributed by atoms with Crippen LogP contribution in [0.5, 0.6) is 0 Å². The summed E-state index contributed by atoms with van der Waals surface area (Å²) < 4.78 is 15.1. The summed E-state index contributed by atoms with van der Waals surface area (Å²) in [4.78, 5) is 6.95. The molecule has 6 rings (SSSR count). The molecule has 3 heterocycles. The minimum Gasteiger partial charge on any atom is -0.373 e. The zero-order valence-corrected chi connectivity index (χ0v) is 29.0. The number of nitrogens with zero attached hydrogens (tertiary/aromatic N) is 4. The Kier molecular flexibility index (Phi) is 9.64. The van der Waals surface area contributed by atoms with Crippen LogP contribution in [-0.2, 0) is 0 Å². The second-order valence-electron chi connectivity index (χ2n) is 12.6. The van der Waals surface area contributed by atoms with Crippen LogP contribution in [0.1, 0.15) is 50.8 Å². The van der Waals surface area contributed by atoms with E-state index in [1.54, 1.807) is 6.07 Å². The molecule has 4 aromatic rings. The standard InChI is InChI=1S/C34H33Cl4FN8/c1-34(2,3)46-12-10-23(11-13-46)47-18-28(44-45-47)32(19-4-6-21(35)7-5-19)42-22-14-24-31(20(16-40)17-41-33(24)26(37)15-22)43-27-9-8-25(36)29(38)30(27)39/h4-9,14-15,17-18,23,32,42,44-45H,10-13H2,1-3H3,(H,41,43)/t32-/m0/s1. The summed E-state index contributed by atoms with van der Waals surface area (Å²) in [6.45, 7) is 8.80. The van der Waals surface area contributed by atoms with Gasteiger partial charge in [-0.05, 0) is 75.6 Å². The Hall–Kier alpha value is -3.49. The zero-order chi connectivity index (χ0) is 33.5. The van der Waals surface area contributed by atoms with E-state index in [9.17, 15) is 5.26 Å². The smallest absolute Gasteiger partial charge is 0.166 e. The van der Waals surface area contributed by atoms with Crippen molar-refractivity contribution < 1.29 is 4.39 Å². The molecule has 3 aromatic carbocycles. The Morgan fingerprint density at radius 2 is 1.74 bits per heavy atom.